The Hall–Kier alpha value is -1.85. The van der Waals surface area contributed by atoms with Crippen LogP contribution in [0.3, 0.4) is 0 Å². The molecule has 1 amide bonds. The van der Waals surface area contributed by atoms with Crippen LogP contribution in [0.5, 0.6) is 0 Å². The van der Waals surface area contributed by atoms with Crippen LogP contribution in [-0.2, 0) is 16.6 Å². The first kappa shape index (κ1) is 17.5. The van der Waals surface area contributed by atoms with E-state index in [9.17, 15) is 9.59 Å². The van der Waals surface area contributed by atoms with E-state index in [0.717, 1.165) is 37.8 Å². The number of hydrogen-bond acceptors (Lipinski definition) is 4. The summed E-state index contributed by atoms with van der Waals surface area (Å²) in [6.45, 7) is 4.09. The average Bonchev–Trinajstić information content (AvgIpc) is 2.76. The second-order valence-corrected chi connectivity index (χ2v) is 6.58. The largest absolute Gasteiger partial charge is 0.469 e. The van der Waals surface area contributed by atoms with Crippen molar-refractivity contribution < 1.29 is 14.3 Å². The van der Waals surface area contributed by atoms with Gasteiger partial charge in [0.1, 0.15) is 5.69 Å². The summed E-state index contributed by atoms with van der Waals surface area (Å²) in [5.41, 5.74) is 1.42. The topological polar surface area (TPSA) is 73.2 Å². The van der Waals surface area contributed by atoms with Crippen LogP contribution < -0.4 is 5.32 Å². The lowest BCUT2D eigenvalue weighted by Gasteiger charge is -2.24. The molecule has 0 spiro atoms. The van der Waals surface area contributed by atoms with Crippen LogP contribution >= 0.6 is 0 Å². The number of carbonyl (C=O) groups excluding carboxylic acids is 2. The number of nitrogens with zero attached hydrogens (tertiary/aromatic N) is 2. The van der Waals surface area contributed by atoms with Crippen molar-refractivity contribution in [3.63, 3.8) is 0 Å². The SMILES string of the molecule is COC(=O)[C@H]1CCCCC[C@@H]1NC(=O)c1cc(C(C)C)nn1C. The van der Waals surface area contributed by atoms with E-state index in [0.29, 0.717) is 5.69 Å². The Labute approximate surface area is 137 Å². The summed E-state index contributed by atoms with van der Waals surface area (Å²) >= 11 is 0. The molecule has 0 unspecified atom stereocenters. The van der Waals surface area contributed by atoms with E-state index in [1.165, 1.54) is 7.11 Å². The first-order chi connectivity index (χ1) is 10.9. The number of nitrogens with one attached hydrogen (secondary N) is 1. The van der Waals surface area contributed by atoms with Crippen molar-refractivity contribution in [2.45, 2.75) is 57.9 Å². The molecule has 1 fully saturated rings. The van der Waals surface area contributed by atoms with Crippen LogP contribution in [-0.4, -0.2) is 34.8 Å². The molecule has 6 heteroatoms. The number of hydrogen-bond donors (Lipinski definition) is 1. The third-order valence-corrected chi connectivity index (χ3v) is 4.56. The Bertz CT molecular complexity index is 565. The number of aryl methyl sites for hydroxylation is 1. The highest BCUT2D eigenvalue weighted by Gasteiger charge is 2.32. The number of carbonyl (C=O) groups is 2. The zero-order valence-electron chi connectivity index (χ0n) is 14.5. The third-order valence-electron chi connectivity index (χ3n) is 4.56. The lowest BCUT2D eigenvalue weighted by molar-refractivity contribution is -0.146. The molecule has 1 aromatic heterocycles. The summed E-state index contributed by atoms with van der Waals surface area (Å²) in [6, 6.07) is 1.65. The van der Waals surface area contributed by atoms with Crippen LogP contribution in [0.2, 0.25) is 0 Å². The predicted molar refractivity (Wildman–Crippen MR) is 87.1 cm³/mol. The van der Waals surface area contributed by atoms with Crippen molar-refractivity contribution in [1.29, 1.82) is 0 Å². The Morgan fingerprint density at radius 3 is 2.61 bits per heavy atom. The molecule has 1 saturated carbocycles. The van der Waals surface area contributed by atoms with Gasteiger partial charge in [0.25, 0.3) is 5.91 Å². The molecule has 2 rings (SSSR count). The molecule has 0 bridgehead atoms. The van der Waals surface area contributed by atoms with Gasteiger partial charge >= 0.3 is 5.97 Å². The minimum atomic E-state index is -0.260. The van der Waals surface area contributed by atoms with Gasteiger partial charge in [0.15, 0.2) is 0 Å². The van der Waals surface area contributed by atoms with Crippen molar-refractivity contribution in [2.24, 2.45) is 13.0 Å². The van der Waals surface area contributed by atoms with Gasteiger partial charge in [-0.05, 0) is 24.8 Å². The zero-order valence-corrected chi connectivity index (χ0v) is 14.5. The van der Waals surface area contributed by atoms with E-state index in [2.05, 4.69) is 10.4 Å². The maximum atomic E-state index is 12.6. The highest BCUT2D eigenvalue weighted by molar-refractivity contribution is 5.93. The minimum Gasteiger partial charge on any atom is -0.469 e. The molecule has 1 heterocycles. The standard InChI is InChI=1S/C17H27N3O3/c1-11(2)14-10-15(20(3)19-14)16(21)18-13-9-7-5-6-8-12(13)17(22)23-4/h10-13H,5-9H2,1-4H3,(H,18,21)/t12-,13-/m0/s1. The Balaban J connectivity index is 2.14. The van der Waals surface area contributed by atoms with Gasteiger partial charge in [-0.3, -0.25) is 14.3 Å². The lowest BCUT2D eigenvalue weighted by atomic mass is 9.94. The third kappa shape index (κ3) is 4.12. The second kappa shape index (κ2) is 7.62. The van der Waals surface area contributed by atoms with E-state index < -0.39 is 0 Å². The zero-order chi connectivity index (χ0) is 17.0. The van der Waals surface area contributed by atoms with Crippen LogP contribution in [0.15, 0.2) is 6.07 Å². The van der Waals surface area contributed by atoms with Crippen molar-refractivity contribution in [1.82, 2.24) is 15.1 Å². The fraction of sp³-hybridized carbons (Fsp3) is 0.706. The summed E-state index contributed by atoms with van der Waals surface area (Å²) in [6.07, 6.45) is 4.67. The molecule has 0 aliphatic heterocycles. The Morgan fingerprint density at radius 2 is 2.00 bits per heavy atom. The van der Waals surface area contributed by atoms with E-state index >= 15 is 0 Å². The summed E-state index contributed by atoms with van der Waals surface area (Å²) in [4.78, 5) is 24.6. The van der Waals surface area contributed by atoms with Crippen molar-refractivity contribution in [2.75, 3.05) is 7.11 Å². The Kier molecular flexibility index (Phi) is 5.80. The number of ether oxygens (including phenoxy) is 1. The first-order valence-electron chi connectivity index (χ1n) is 8.36. The summed E-state index contributed by atoms with van der Waals surface area (Å²) in [5, 5.41) is 7.41. The monoisotopic (exact) mass is 321 g/mol. The van der Waals surface area contributed by atoms with Gasteiger partial charge in [-0.2, -0.15) is 5.10 Å². The first-order valence-corrected chi connectivity index (χ1v) is 8.36. The van der Waals surface area contributed by atoms with E-state index in [1.54, 1.807) is 11.7 Å². The van der Waals surface area contributed by atoms with Gasteiger partial charge in [-0.15, -0.1) is 0 Å². The van der Waals surface area contributed by atoms with Crippen LogP contribution in [0.25, 0.3) is 0 Å². The number of esters is 1. The molecule has 128 valence electrons. The normalized spacial score (nSPS) is 21.8. The van der Waals surface area contributed by atoms with E-state index in [4.69, 9.17) is 4.74 Å². The van der Waals surface area contributed by atoms with Crippen molar-refractivity contribution in [3.05, 3.63) is 17.5 Å². The smallest absolute Gasteiger partial charge is 0.310 e. The van der Waals surface area contributed by atoms with Gasteiger partial charge in [-0.1, -0.05) is 33.1 Å². The molecule has 0 saturated heterocycles. The van der Waals surface area contributed by atoms with Gasteiger partial charge in [0, 0.05) is 13.1 Å². The maximum absolute atomic E-state index is 12.6. The molecule has 1 aromatic rings. The van der Waals surface area contributed by atoms with Crippen LogP contribution in [0.4, 0.5) is 0 Å². The predicted octanol–water partition coefficient (Wildman–Crippen LogP) is 2.40. The average molecular weight is 321 g/mol. The highest BCUT2D eigenvalue weighted by Crippen LogP contribution is 2.25. The molecule has 23 heavy (non-hydrogen) atoms. The molecule has 1 N–H and O–H groups in total. The molecule has 1 aliphatic carbocycles. The van der Waals surface area contributed by atoms with Gasteiger partial charge in [0.2, 0.25) is 0 Å². The molecular formula is C17H27N3O3. The summed E-state index contributed by atoms with van der Waals surface area (Å²) in [7, 11) is 3.17. The van der Waals surface area contributed by atoms with E-state index in [1.807, 2.05) is 19.9 Å². The molecule has 1 aliphatic rings. The van der Waals surface area contributed by atoms with Crippen molar-refractivity contribution >= 4 is 11.9 Å². The summed E-state index contributed by atoms with van der Waals surface area (Å²) in [5.74, 6) is -0.398. The van der Waals surface area contributed by atoms with Crippen LogP contribution in [0, 0.1) is 5.92 Å². The second-order valence-electron chi connectivity index (χ2n) is 6.58. The fourth-order valence-corrected chi connectivity index (χ4v) is 3.14. The van der Waals surface area contributed by atoms with Gasteiger partial charge in [-0.25, -0.2) is 0 Å². The van der Waals surface area contributed by atoms with Gasteiger partial charge in [0.05, 0.1) is 18.7 Å². The van der Waals surface area contributed by atoms with Crippen LogP contribution in [0.1, 0.15) is 68.1 Å². The lowest BCUT2D eigenvalue weighted by Crippen LogP contribution is -2.43. The Morgan fingerprint density at radius 1 is 1.30 bits per heavy atom. The molecule has 0 aromatic carbocycles. The highest BCUT2D eigenvalue weighted by atomic mass is 16.5. The summed E-state index contributed by atoms with van der Waals surface area (Å²) < 4.78 is 6.52. The number of aromatic nitrogens is 2. The molecular weight excluding hydrogens is 294 g/mol. The van der Waals surface area contributed by atoms with Crippen molar-refractivity contribution in [3.8, 4) is 0 Å². The number of rotatable bonds is 4. The fourth-order valence-electron chi connectivity index (χ4n) is 3.14. The number of amides is 1. The van der Waals surface area contributed by atoms with E-state index in [-0.39, 0.29) is 29.8 Å². The number of methoxy groups -OCH3 is 1. The molecule has 6 nitrogen and oxygen atoms in total. The molecule has 2 atom stereocenters. The van der Waals surface area contributed by atoms with Gasteiger partial charge < -0.3 is 10.1 Å². The minimum absolute atomic E-state index is 0.171. The molecule has 0 radical (unpaired) electrons. The maximum Gasteiger partial charge on any atom is 0.310 e. The quantitative estimate of drug-likeness (QED) is 0.682.